The number of non-ortho nitro benzene ring substituents is 1. The Kier molecular flexibility index (Phi) is 4.84. The number of carbonyl (C=O) groups excluding carboxylic acids is 1. The van der Waals surface area contributed by atoms with Crippen molar-refractivity contribution in [2.24, 2.45) is 0 Å². The van der Waals surface area contributed by atoms with Crippen molar-refractivity contribution in [3.05, 3.63) is 75.7 Å². The number of anilines is 1. The van der Waals surface area contributed by atoms with Crippen LogP contribution in [0.4, 0.5) is 15.8 Å². The van der Waals surface area contributed by atoms with Gasteiger partial charge in [0, 0.05) is 55.1 Å². The van der Waals surface area contributed by atoms with Crippen LogP contribution in [0.3, 0.4) is 0 Å². The first-order valence-electron chi connectivity index (χ1n) is 9.28. The van der Waals surface area contributed by atoms with Gasteiger partial charge in [-0.3, -0.25) is 19.9 Å². The van der Waals surface area contributed by atoms with E-state index in [4.69, 9.17) is 0 Å². The van der Waals surface area contributed by atoms with Gasteiger partial charge in [-0.2, -0.15) is 0 Å². The minimum Gasteiger partial charge on any atom is -0.368 e. The zero-order valence-corrected chi connectivity index (χ0v) is 15.8. The number of halogens is 1. The van der Waals surface area contributed by atoms with E-state index in [-0.39, 0.29) is 11.6 Å². The number of fused-ring (bicyclic) bond motifs is 1. The van der Waals surface area contributed by atoms with Crippen LogP contribution in [-0.2, 0) is 0 Å². The number of nitro benzene ring substituents is 1. The van der Waals surface area contributed by atoms with E-state index < -0.39 is 10.7 Å². The first kappa shape index (κ1) is 18.8. The lowest BCUT2D eigenvalue weighted by Crippen LogP contribution is -2.48. The summed E-state index contributed by atoms with van der Waals surface area (Å²) < 4.78 is 13.7. The third-order valence-electron chi connectivity index (χ3n) is 5.12. The number of aryl methyl sites for hydroxylation is 1. The maximum absolute atomic E-state index is 13.7. The van der Waals surface area contributed by atoms with Gasteiger partial charge < -0.3 is 9.80 Å². The van der Waals surface area contributed by atoms with Crippen molar-refractivity contribution in [1.82, 2.24) is 9.88 Å². The number of benzene rings is 2. The van der Waals surface area contributed by atoms with Crippen molar-refractivity contribution >= 4 is 28.2 Å². The topological polar surface area (TPSA) is 79.6 Å². The van der Waals surface area contributed by atoms with E-state index in [1.165, 1.54) is 24.3 Å². The second-order valence-corrected chi connectivity index (χ2v) is 7.03. The number of hydrogen-bond acceptors (Lipinski definition) is 5. The van der Waals surface area contributed by atoms with Gasteiger partial charge in [0.1, 0.15) is 5.82 Å². The first-order valence-corrected chi connectivity index (χ1v) is 9.28. The zero-order valence-electron chi connectivity index (χ0n) is 15.8. The summed E-state index contributed by atoms with van der Waals surface area (Å²) in [6.45, 7) is 4.05. The molecule has 0 N–H and O–H groups in total. The van der Waals surface area contributed by atoms with Gasteiger partial charge in [-0.05, 0) is 43.3 Å². The lowest BCUT2D eigenvalue weighted by Gasteiger charge is -2.36. The predicted molar refractivity (Wildman–Crippen MR) is 108 cm³/mol. The van der Waals surface area contributed by atoms with Crippen LogP contribution in [0, 0.1) is 22.9 Å². The molecule has 0 saturated carbocycles. The number of amides is 1. The molecule has 4 rings (SSSR count). The molecule has 1 fully saturated rings. The second-order valence-electron chi connectivity index (χ2n) is 7.03. The van der Waals surface area contributed by atoms with Gasteiger partial charge in [0.25, 0.3) is 11.6 Å². The van der Waals surface area contributed by atoms with Gasteiger partial charge in [0.05, 0.1) is 16.0 Å². The Morgan fingerprint density at radius 2 is 1.76 bits per heavy atom. The van der Waals surface area contributed by atoms with Crippen LogP contribution in [0.25, 0.3) is 10.9 Å². The minimum absolute atomic E-state index is 0.0507. The van der Waals surface area contributed by atoms with Crippen molar-refractivity contribution in [2.75, 3.05) is 31.1 Å². The molecule has 1 aliphatic heterocycles. The smallest absolute Gasteiger partial charge is 0.269 e. The third-order valence-corrected chi connectivity index (χ3v) is 5.12. The molecule has 1 amide bonds. The summed E-state index contributed by atoms with van der Waals surface area (Å²) in [5.41, 5.74) is 2.69. The van der Waals surface area contributed by atoms with Crippen molar-refractivity contribution < 1.29 is 14.1 Å². The van der Waals surface area contributed by atoms with Crippen LogP contribution in [0.15, 0.2) is 48.5 Å². The summed E-state index contributed by atoms with van der Waals surface area (Å²) >= 11 is 0. The normalized spacial score (nSPS) is 14.3. The van der Waals surface area contributed by atoms with Gasteiger partial charge >= 0.3 is 0 Å². The molecule has 0 aliphatic carbocycles. The monoisotopic (exact) mass is 394 g/mol. The second kappa shape index (κ2) is 7.46. The van der Waals surface area contributed by atoms with E-state index in [1.54, 1.807) is 29.2 Å². The van der Waals surface area contributed by atoms with Crippen LogP contribution in [-0.4, -0.2) is 46.9 Å². The Labute approximate surface area is 166 Å². The maximum atomic E-state index is 13.7. The summed E-state index contributed by atoms with van der Waals surface area (Å²) in [4.78, 5) is 31.7. The molecule has 1 aromatic heterocycles. The molecule has 2 aromatic carbocycles. The highest BCUT2D eigenvalue weighted by molar-refractivity contribution is 6.06. The molecular weight excluding hydrogens is 375 g/mol. The van der Waals surface area contributed by atoms with Gasteiger partial charge in [0.15, 0.2) is 0 Å². The summed E-state index contributed by atoms with van der Waals surface area (Å²) in [6, 6.07) is 12.4. The molecule has 0 unspecified atom stereocenters. The van der Waals surface area contributed by atoms with Crippen LogP contribution in [0.1, 0.15) is 16.1 Å². The summed E-state index contributed by atoms with van der Waals surface area (Å²) in [6.07, 6.45) is 0. The highest BCUT2D eigenvalue weighted by atomic mass is 19.1. The molecule has 0 spiro atoms. The van der Waals surface area contributed by atoms with E-state index in [0.29, 0.717) is 48.3 Å². The molecule has 0 bridgehead atoms. The molecule has 29 heavy (non-hydrogen) atoms. The van der Waals surface area contributed by atoms with Gasteiger partial charge in [-0.25, -0.2) is 4.39 Å². The molecule has 2 heterocycles. The van der Waals surface area contributed by atoms with Crippen molar-refractivity contribution in [1.29, 1.82) is 0 Å². The van der Waals surface area contributed by atoms with E-state index in [9.17, 15) is 19.3 Å². The quantitative estimate of drug-likeness (QED) is 0.501. The number of pyridine rings is 1. The number of carbonyl (C=O) groups is 1. The lowest BCUT2D eigenvalue weighted by molar-refractivity contribution is -0.384. The molecule has 3 aromatic rings. The van der Waals surface area contributed by atoms with E-state index >= 15 is 0 Å². The number of nitrogens with zero attached hydrogens (tertiary/aromatic N) is 4. The Morgan fingerprint density at radius 3 is 2.41 bits per heavy atom. The van der Waals surface area contributed by atoms with Crippen LogP contribution in [0.2, 0.25) is 0 Å². The van der Waals surface area contributed by atoms with Crippen molar-refractivity contribution in [3.63, 3.8) is 0 Å². The standard InChI is InChI=1S/C21H19FN4O3/c1-14-12-19(18-13-15(22)2-7-20(18)23-14)21(27)25-10-8-24(9-11-25)16-3-5-17(6-4-16)26(28)29/h2-7,12-13H,8-11H2,1H3. The minimum atomic E-state index is -0.426. The number of aromatic nitrogens is 1. The Balaban J connectivity index is 1.52. The van der Waals surface area contributed by atoms with Crippen LogP contribution < -0.4 is 4.90 Å². The molecule has 0 radical (unpaired) electrons. The average Bonchev–Trinajstić information content (AvgIpc) is 2.73. The average molecular weight is 394 g/mol. The molecule has 8 heteroatoms. The molecule has 1 aliphatic rings. The van der Waals surface area contributed by atoms with Crippen molar-refractivity contribution in [3.8, 4) is 0 Å². The molecule has 1 saturated heterocycles. The Hall–Kier alpha value is -3.55. The molecule has 148 valence electrons. The number of hydrogen-bond donors (Lipinski definition) is 0. The number of nitro groups is 1. The maximum Gasteiger partial charge on any atom is 0.269 e. The van der Waals surface area contributed by atoms with Gasteiger partial charge in [-0.15, -0.1) is 0 Å². The predicted octanol–water partition coefficient (Wildman–Crippen LogP) is 3.55. The molecular formula is C21H19FN4O3. The molecule has 0 atom stereocenters. The Morgan fingerprint density at radius 1 is 1.07 bits per heavy atom. The summed E-state index contributed by atoms with van der Waals surface area (Å²) in [5.74, 6) is -0.547. The highest BCUT2D eigenvalue weighted by Crippen LogP contribution is 2.24. The fourth-order valence-electron chi connectivity index (χ4n) is 3.63. The number of rotatable bonds is 3. The first-order chi connectivity index (χ1) is 13.9. The Bertz CT molecular complexity index is 1090. The van der Waals surface area contributed by atoms with E-state index in [2.05, 4.69) is 9.88 Å². The highest BCUT2D eigenvalue weighted by Gasteiger charge is 2.24. The summed E-state index contributed by atoms with van der Waals surface area (Å²) in [7, 11) is 0. The van der Waals surface area contributed by atoms with Crippen LogP contribution >= 0.6 is 0 Å². The summed E-state index contributed by atoms with van der Waals surface area (Å²) in [5, 5.41) is 11.3. The van der Waals surface area contributed by atoms with Crippen molar-refractivity contribution in [2.45, 2.75) is 6.92 Å². The fraction of sp³-hybridized carbons (Fsp3) is 0.238. The third kappa shape index (κ3) is 3.73. The SMILES string of the molecule is Cc1cc(C(=O)N2CCN(c3ccc([N+](=O)[O-])cc3)CC2)c2cc(F)ccc2n1. The number of piperazine rings is 1. The molecule has 7 nitrogen and oxygen atoms in total. The van der Waals surface area contributed by atoms with Gasteiger partial charge in [0.2, 0.25) is 0 Å². The van der Waals surface area contributed by atoms with E-state index in [0.717, 1.165) is 5.69 Å². The van der Waals surface area contributed by atoms with E-state index in [1.807, 2.05) is 6.92 Å². The zero-order chi connectivity index (χ0) is 20.5. The largest absolute Gasteiger partial charge is 0.368 e. The van der Waals surface area contributed by atoms with Gasteiger partial charge in [-0.1, -0.05) is 0 Å². The lowest BCUT2D eigenvalue weighted by atomic mass is 10.1. The van der Waals surface area contributed by atoms with Crippen LogP contribution in [0.5, 0.6) is 0 Å². The fourth-order valence-corrected chi connectivity index (χ4v) is 3.63.